The van der Waals surface area contributed by atoms with Gasteiger partial charge in [-0.2, -0.15) is 0 Å². The van der Waals surface area contributed by atoms with E-state index in [1.54, 1.807) is 0 Å². The van der Waals surface area contributed by atoms with E-state index < -0.39 is 31.0 Å². The minimum absolute atomic E-state index is 0.264. The Balaban J connectivity index is 3.98. The minimum Gasteiger partial charge on any atom is -0.467 e. The first kappa shape index (κ1) is 25.0. The predicted molar refractivity (Wildman–Crippen MR) is 102 cm³/mol. The number of rotatable bonds is 16. The van der Waals surface area contributed by atoms with E-state index in [0.29, 0.717) is 26.4 Å². The predicted octanol–water partition coefficient (Wildman–Crippen LogP) is -0.405. The number of esters is 2. The van der Waals surface area contributed by atoms with E-state index in [2.05, 4.69) is 0 Å². The molecule has 0 fully saturated rings. The number of hydrogen-bond donors (Lipinski definition) is 0. The molecule has 0 aliphatic carbocycles. The first-order valence-corrected chi connectivity index (χ1v) is 12.7. The molecule has 0 aliphatic rings. The van der Waals surface area contributed by atoms with Crippen molar-refractivity contribution in [3.8, 4) is 0 Å². The summed E-state index contributed by atoms with van der Waals surface area (Å²) in [6, 6.07) is 0. The summed E-state index contributed by atoms with van der Waals surface area (Å²) in [5.74, 6) is -1.69. The monoisotopic (exact) mass is 408 g/mol. The summed E-state index contributed by atoms with van der Waals surface area (Å²) in [7, 11) is -1.74. The van der Waals surface area contributed by atoms with Crippen LogP contribution >= 0.6 is 0 Å². The van der Waals surface area contributed by atoms with E-state index in [-0.39, 0.29) is 24.3 Å². The zero-order valence-electron chi connectivity index (χ0n) is 16.2. The third-order valence-electron chi connectivity index (χ3n) is 2.96. The molecule has 10 heteroatoms. The molecule has 0 N–H and O–H groups in total. The van der Waals surface area contributed by atoms with Crippen molar-refractivity contribution in [3.63, 3.8) is 0 Å². The molecule has 0 radical (unpaired) electrons. The molecule has 0 bridgehead atoms. The van der Waals surface area contributed by atoms with Gasteiger partial charge in [-0.05, 0) is 27.7 Å². The summed E-state index contributed by atoms with van der Waals surface area (Å²) in [5, 5.41) is 0. The molecule has 0 spiro atoms. The van der Waals surface area contributed by atoms with Gasteiger partial charge in [0.2, 0.25) is 0 Å². The average Bonchev–Trinajstić information content (AvgIpc) is 2.60. The molecule has 0 heterocycles. The van der Waals surface area contributed by atoms with Gasteiger partial charge >= 0.3 is 11.9 Å². The Hall–Kier alpha value is -1.05. The molecular formula is C16H32O8Si2. The van der Waals surface area contributed by atoms with E-state index in [0.717, 1.165) is 12.2 Å². The third-order valence-corrected chi connectivity index (χ3v) is 5.73. The van der Waals surface area contributed by atoms with Crippen LogP contribution in [-0.4, -0.2) is 81.7 Å². The summed E-state index contributed by atoms with van der Waals surface area (Å²) >= 11 is 0. The second kappa shape index (κ2) is 17.4. The Morgan fingerprint density at radius 2 is 1.00 bits per heavy atom. The number of hydrogen-bond acceptors (Lipinski definition) is 8. The number of ether oxygens (including phenoxy) is 6. The molecule has 0 saturated heterocycles. The third kappa shape index (κ3) is 14.2. The molecule has 0 saturated carbocycles. The van der Waals surface area contributed by atoms with Gasteiger partial charge in [-0.25, -0.2) is 9.59 Å². The van der Waals surface area contributed by atoms with Crippen LogP contribution in [0.3, 0.4) is 0 Å². The fourth-order valence-electron chi connectivity index (χ4n) is 1.92. The van der Waals surface area contributed by atoms with Crippen molar-refractivity contribution < 1.29 is 38.0 Å². The lowest BCUT2D eigenvalue weighted by atomic mass is 10.5. The number of carbonyl (C=O) groups is 2. The van der Waals surface area contributed by atoms with Gasteiger partial charge in [0.25, 0.3) is 0 Å². The molecule has 0 aromatic carbocycles. The van der Waals surface area contributed by atoms with Crippen molar-refractivity contribution in [1.82, 2.24) is 0 Å². The van der Waals surface area contributed by atoms with Crippen molar-refractivity contribution in [3.05, 3.63) is 12.2 Å². The first-order chi connectivity index (χ1) is 12.6. The quantitative estimate of drug-likeness (QED) is 0.147. The maximum absolute atomic E-state index is 11.6. The van der Waals surface area contributed by atoms with Crippen LogP contribution in [0, 0.1) is 0 Å². The van der Waals surface area contributed by atoms with Gasteiger partial charge in [-0.1, -0.05) is 0 Å². The van der Waals surface area contributed by atoms with Crippen LogP contribution in [0.25, 0.3) is 0 Å². The summed E-state index contributed by atoms with van der Waals surface area (Å²) < 4.78 is 31.7. The zero-order chi connectivity index (χ0) is 19.6. The molecule has 0 rings (SSSR count). The SMILES string of the molecule is CCOC(OCC)[SiH2]COC(=O)/C=C/C(=O)OC[SiH2]C(OCC)OCC. The second-order valence-electron chi connectivity index (χ2n) is 4.93. The average molecular weight is 409 g/mol. The van der Waals surface area contributed by atoms with Crippen LogP contribution in [0.4, 0.5) is 0 Å². The summed E-state index contributed by atoms with van der Waals surface area (Å²) in [6.45, 7) is 9.73. The maximum atomic E-state index is 11.6. The Morgan fingerprint density at radius 1 is 0.692 bits per heavy atom. The molecule has 0 amide bonds. The smallest absolute Gasteiger partial charge is 0.330 e. The van der Waals surface area contributed by atoms with Gasteiger partial charge < -0.3 is 28.4 Å². The highest BCUT2D eigenvalue weighted by atomic mass is 28.2. The second-order valence-corrected chi connectivity index (χ2v) is 8.23. The van der Waals surface area contributed by atoms with Crippen LogP contribution in [-0.2, 0) is 38.0 Å². The van der Waals surface area contributed by atoms with Crippen molar-refractivity contribution in [1.29, 1.82) is 0 Å². The van der Waals surface area contributed by atoms with E-state index in [1.165, 1.54) is 0 Å². The Bertz CT molecular complexity index is 358. The van der Waals surface area contributed by atoms with Crippen LogP contribution in [0.1, 0.15) is 27.7 Å². The maximum Gasteiger partial charge on any atom is 0.330 e. The molecule has 0 unspecified atom stereocenters. The minimum atomic E-state index is -0.869. The molecule has 8 nitrogen and oxygen atoms in total. The first-order valence-electron chi connectivity index (χ1n) is 9.05. The molecule has 152 valence electrons. The van der Waals surface area contributed by atoms with Gasteiger partial charge in [0.05, 0.1) is 12.5 Å². The van der Waals surface area contributed by atoms with E-state index in [9.17, 15) is 9.59 Å². The van der Waals surface area contributed by atoms with Crippen LogP contribution < -0.4 is 0 Å². The normalized spacial score (nSPS) is 12.4. The Kier molecular flexibility index (Phi) is 16.7. The largest absolute Gasteiger partial charge is 0.467 e. The standard InChI is InChI=1S/C16H32O8Si2/c1-5-19-15(20-6-2)25-11-23-13(17)9-10-14(18)24-12-26-16(21-7-3)22-8-4/h9-10,15-16H,5-8,11-12,25-26H2,1-4H3/b10-9+. The van der Waals surface area contributed by atoms with Gasteiger partial charge in [0.15, 0.2) is 0 Å². The summed E-state index contributed by atoms with van der Waals surface area (Å²) in [5.41, 5.74) is 0. The molecule has 0 aliphatic heterocycles. The van der Waals surface area contributed by atoms with Crippen molar-refractivity contribution in [2.45, 2.75) is 39.5 Å². The van der Waals surface area contributed by atoms with Crippen LogP contribution in [0.5, 0.6) is 0 Å². The van der Waals surface area contributed by atoms with E-state index in [1.807, 2.05) is 27.7 Å². The zero-order valence-corrected chi connectivity index (χ0v) is 19.1. The molecular weight excluding hydrogens is 376 g/mol. The van der Waals surface area contributed by atoms with E-state index in [4.69, 9.17) is 28.4 Å². The van der Waals surface area contributed by atoms with E-state index >= 15 is 0 Å². The molecule has 26 heavy (non-hydrogen) atoms. The molecule has 0 atom stereocenters. The lowest BCUT2D eigenvalue weighted by Gasteiger charge is -2.16. The lowest BCUT2D eigenvalue weighted by molar-refractivity contribution is -0.139. The van der Waals surface area contributed by atoms with Gasteiger partial charge in [0.1, 0.15) is 30.9 Å². The number of carbonyl (C=O) groups excluding carboxylic acids is 2. The Morgan fingerprint density at radius 3 is 1.27 bits per heavy atom. The fourth-order valence-corrected chi connectivity index (χ4v) is 4.55. The van der Waals surface area contributed by atoms with Gasteiger partial charge in [0, 0.05) is 38.6 Å². The highest BCUT2D eigenvalue weighted by molar-refractivity contribution is 6.37. The highest BCUT2D eigenvalue weighted by Gasteiger charge is 2.11. The summed E-state index contributed by atoms with van der Waals surface area (Å²) in [6.07, 6.45) is 2.69. The van der Waals surface area contributed by atoms with Gasteiger partial charge in [-0.15, -0.1) is 0 Å². The summed E-state index contributed by atoms with van der Waals surface area (Å²) in [4.78, 5) is 23.2. The highest BCUT2D eigenvalue weighted by Crippen LogP contribution is 1.95. The fraction of sp³-hybridized carbons (Fsp3) is 0.750. The van der Waals surface area contributed by atoms with Crippen LogP contribution in [0.15, 0.2) is 12.2 Å². The lowest BCUT2D eigenvalue weighted by Crippen LogP contribution is -2.29. The Labute approximate surface area is 160 Å². The van der Waals surface area contributed by atoms with Crippen molar-refractivity contribution in [2.75, 3.05) is 38.9 Å². The van der Waals surface area contributed by atoms with Crippen molar-refractivity contribution in [2.24, 2.45) is 0 Å². The topological polar surface area (TPSA) is 89.5 Å². The van der Waals surface area contributed by atoms with Crippen molar-refractivity contribution >= 4 is 31.0 Å². The van der Waals surface area contributed by atoms with Crippen LogP contribution in [0.2, 0.25) is 0 Å². The molecule has 0 aromatic heterocycles. The van der Waals surface area contributed by atoms with Gasteiger partial charge in [-0.3, -0.25) is 0 Å². The molecule has 0 aromatic rings.